The molecule has 0 saturated carbocycles. The van der Waals surface area contributed by atoms with E-state index < -0.39 is 12.0 Å². The van der Waals surface area contributed by atoms with Crippen molar-refractivity contribution in [2.75, 3.05) is 18.1 Å². The third-order valence-electron chi connectivity index (χ3n) is 4.10. The average Bonchev–Trinajstić information content (AvgIpc) is 2.46. The first kappa shape index (κ1) is 18.1. The first-order chi connectivity index (χ1) is 9.99. The summed E-state index contributed by atoms with van der Waals surface area (Å²) in [6, 6.07) is -0.832. The lowest BCUT2D eigenvalue weighted by atomic mass is 9.89. The number of piperidine rings is 1. The van der Waals surface area contributed by atoms with Gasteiger partial charge in [0.1, 0.15) is 6.04 Å². The van der Waals surface area contributed by atoms with Crippen LogP contribution in [0.4, 0.5) is 4.79 Å². The van der Waals surface area contributed by atoms with E-state index in [0.29, 0.717) is 18.9 Å². The summed E-state index contributed by atoms with van der Waals surface area (Å²) in [5, 5.41) is 12.3. The third kappa shape index (κ3) is 5.77. The summed E-state index contributed by atoms with van der Waals surface area (Å²) in [5.74, 6) is 1.61. The molecular weight excluding hydrogens is 288 g/mol. The van der Waals surface area contributed by atoms with Gasteiger partial charge in [-0.25, -0.2) is 9.59 Å². The fourth-order valence-electron chi connectivity index (χ4n) is 2.66. The average molecular weight is 316 g/mol. The van der Waals surface area contributed by atoms with Crippen LogP contribution in [0.3, 0.4) is 0 Å². The van der Waals surface area contributed by atoms with E-state index in [4.69, 9.17) is 0 Å². The van der Waals surface area contributed by atoms with Crippen molar-refractivity contribution in [2.45, 2.75) is 58.5 Å². The van der Waals surface area contributed by atoms with Crippen molar-refractivity contribution in [3.63, 3.8) is 0 Å². The predicted molar refractivity (Wildman–Crippen MR) is 86.8 cm³/mol. The van der Waals surface area contributed by atoms with Gasteiger partial charge in [-0.1, -0.05) is 20.3 Å². The number of aliphatic carboxylic acids is 1. The molecule has 1 aliphatic rings. The molecule has 0 aliphatic carbocycles. The van der Waals surface area contributed by atoms with Crippen LogP contribution in [-0.4, -0.2) is 52.1 Å². The maximum atomic E-state index is 12.3. The van der Waals surface area contributed by atoms with Gasteiger partial charge in [0.2, 0.25) is 0 Å². The molecule has 3 atom stereocenters. The van der Waals surface area contributed by atoms with Crippen LogP contribution in [0.1, 0.15) is 46.5 Å². The lowest BCUT2D eigenvalue weighted by Gasteiger charge is -2.37. The molecule has 0 aromatic rings. The molecule has 1 rings (SSSR count). The molecule has 3 unspecified atom stereocenters. The zero-order chi connectivity index (χ0) is 15.8. The molecule has 0 bridgehead atoms. The summed E-state index contributed by atoms with van der Waals surface area (Å²) in [6.07, 6.45) is 3.35. The Hall–Kier alpha value is -0.910. The molecule has 1 saturated heterocycles. The summed E-state index contributed by atoms with van der Waals surface area (Å²) in [7, 11) is 0. The molecule has 6 heteroatoms. The van der Waals surface area contributed by atoms with Crippen LogP contribution in [0.15, 0.2) is 0 Å². The van der Waals surface area contributed by atoms with Gasteiger partial charge in [-0.3, -0.25) is 0 Å². The number of carboxylic acids is 1. The van der Waals surface area contributed by atoms with E-state index in [1.807, 2.05) is 18.7 Å². The maximum Gasteiger partial charge on any atom is 0.326 e. The van der Waals surface area contributed by atoms with Crippen LogP contribution in [0, 0.1) is 5.92 Å². The minimum atomic E-state index is -0.891. The van der Waals surface area contributed by atoms with Crippen molar-refractivity contribution in [3.05, 3.63) is 0 Å². The summed E-state index contributed by atoms with van der Waals surface area (Å²) in [5.41, 5.74) is 0. The Kier molecular flexibility index (Phi) is 7.93. The number of urea groups is 1. The van der Waals surface area contributed by atoms with Gasteiger partial charge in [-0.15, -0.1) is 0 Å². The standard InChI is InChI=1S/C15H28N2O3S/c1-4-12-6-8-17(13(10-12)14(18)19)15(20)16-11(3)7-9-21-5-2/h11-13H,4-10H2,1-3H3,(H,16,20)(H,18,19). The third-order valence-corrected chi connectivity index (χ3v) is 5.04. The lowest BCUT2D eigenvalue weighted by molar-refractivity contribution is -0.144. The molecular formula is C15H28N2O3S. The number of rotatable bonds is 7. The Morgan fingerprint density at radius 3 is 2.71 bits per heavy atom. The Morgan fingerprint density at radius 2 is 2.14 bits per heavy atom. The van der Waals surface area contributed by atoms with E-state index in [-0.39, 0.29) is 12.1 Å². The highest BCUT2D eigenvalue weighted by molar-refractivity contribution is 7.99. The Balaban J connectivity index is 2.52. The van der Waals surface area contributed by atoms with Gasteiger partial charge in [0, 0.05) is 12.6 Å². The number of carbonyl (C=O) groups is 2. The first-order valence-corrected chi connectivity index (χ1v) is 9.02. The lowest BCUT2D eigenvalue weighted by Crippen LogP contribution is -2.54. The number of thioether (sulfide) groups is 1. The van der Waals surface area contributed by atoms with Crippen molar-refractivity contribution in [2.24, 2.45) is 5.92 Å². The molecule has 1 heterocycles. The van der Waals surface area contributed by atoms with Crippen LogP contribution >= 0.6 is 11.8 Å². The molecule has 0 aromatic heterocycles. The van der Waals surface area contributed by atoms with Gasteiger partial charge < -0.3 is 15.3 Å². The fourth-order valence-corrected chi connectivity index (χ4v) is 3.47. The number of hydrogen-bond donors (Lipinski definition) is 2. The maximum absolute atomic E-state index is 12.3. The topological polar surface area (TPSA) is 69.6 Å². The number of amides is 2. The number of nitrogens with one attached hydrogen (secondary N) is 1. The highest BCUT2D eigenvalue weighted by atomic mass is 32.2. The minimum Gasteiger partial charge on any atom is -0.480 e. The van der Waals surface area contributed by atoms with Gasteiger partial charge >= 0.3 is 12.0 Å². The largest absolute Gasteiger partial charge is 0.480 e. The quantitative estimate of drug-likeness (QED) is 0.709. The van der Waals surface area contributed by atoms with Crippen molar-refractivity contribution in [1.82, 2.24) is 10.2 Å². The molecule has 1 fully saturated rings. The van der Waals surface area contributed by atoms with Crippen molar-refractivity contribution in [1.29, 1.82) is 0 Å². The first-order valence-electron chi connectivity index (χ1n) is 7.87. The van der Waals surface area contributed by atoms with Crippen LogP contribution in [0.5, 0.6) is 0 Å². The molecule has 2 amide bonds. The van der Waals surface area contributed by atoms with Gasteiger partial charge in [0.05, 0.1) is 0 Å². The van der Waals surface area contributed by atoms with Gasteiger partial charge in [-0.2, -0.15) is 11.8 Å². The Morgan fingerprint density at radius 1 is 1.43 bits per heavy atom. The summed E-state index contributed by atoms with van der Waals surface area (Å²) < 4.78 is 0. The summed E-state index contributed by atoms with van der Waals surface area (Å²) >= 11 is 1.85. The van der Waals surface area contributed by atoms with Crippen molar-refractivity contribution >= 4 is 23.8 Å². The molecule has 1 aliphatic heterocycles. The SMILES string of the molecule is CCSCCC(C)NC(=O)N1CCC(CC)CC1C(=O)O. The van der Waals surface area contributed by atoms with Gasteiger partial charge in [-0.05, 0) is 43.6 Å². The van der Waals surface area contributed by atoms with E-state index >= 15 is 0 Å². The fraction of sp³-hybridized carbons (Fsp3) is 0.867. The van der Waals surface area contributed by atoms with Gasteiger partial charge in [0.15, 0.2) is 0 Å². The number of hydrogen-bond acceptors (Lipinski definition) is 3. The van der Waals surface area contributed by atoms with Crippen LogP contribution in [0.25, 0.3) is 0 Å². The second-order valence-corrected chi connectivity index (χ2v) is 7.08. The van der Waals surface area contributed by atoms with E-state index in [9.17, 15) is 14.7 Å². The zero-order valence-electron chi connectivity index (χ0n) is 13.3. The van der Waals surface area contributed by atoms with E-state index in [2.05, 4.69) is 19.2 Å². The predicted octanol–water partition coefficient (Wildman–Crippen LogP) is 2.80. The molecule has 0 aromatic carbocycles. The second-order valence-electron chi connectivity index (χ2n) is 5.68. The van der Waals surface area contributed by atoms with Crippen LogP contribution in [0.2, 0.25) is 0 Å². The highest BCUT2D eigenvalue weighted by Crippen LogP contribution is 2.25. The smallest absolute Gasteiger partial charge is 0.326 e. The minimum absolute atomic E-state index is 0.0786. The molecule has 21 heavy (non-hydrogen) atoms. The molecule has 2 N–H and O–H groups in total. The van der Waals surface area contributed by atoms with Crippen LogP contribution < -0.4 is 5.32 Å². The van der Waals surface area contributed by atoms with E-state index in [1.165, 1.54) is 4.90 Å². The van der Waals surface area contributed by atoms with Gasteiger partial charge in [0.25, 0.3) is 0 Å². The normalized spacial score (nSPS) is 23.7. The number of likely N-dealkylation sites (tertiary alicyclic amines) is 1. The van der Waals surface area contributed by atoms with E-state index in [0.717, 1.165) is 30.8 Å². The van der Waals surface area contributed by atoms with Crippen molar-refractivity contribution < 1.29 is 14.7 Å². The van der Waals surface area contributed by atoms with Crippen molar-refractivity contribution in [3.8, 4) is 0 Å². The molecule has 5 nitrogen and oxygen atoms in total. The number of nitrogens with zero attached hydrogens (tertiary/aromatic N) is 1. The Bertz CT molecular complexity index is 352. The highest BCUT2D eigenvalue weighted by Gasteiger charge is 2.35. The molecule has 0 radical (unpaired) electrons. The van der Waals surface area contributed by atoms with Crippen LogP contribution in [-0.2, 0) is 4.79 Å². The molecule has 0 spiro atoms. The number of carbonyl (C=O) groups excluding carboxylic acids is 1. The summed E-state index contributed by atoms with van der Waals surface area (Å²) in [6.45, 7) is 6.70. The zero-order valence-corrected chi connectivity index (χ0v) is 14.1. The second kappa shape index (κ2) is 9.18. The summed E-state index contributed by atoms with van der Waals surface area (Å²) in [4.78, 5) is 25.2. The Labute approximate surface area is 131 Å². The van der Waals surface area contributed by atoms with E-state index in [1.54, 1.807) is 0 Å². The number of carboxylic acid groups (broad SMARTS) is 1. The monoisotopic (exact) mass is 316 g/mol. The molecule has 122 valence electrons.